The molecule has 0 aliphatic carbocycles. The maximum absolute atomic E-state index is 11.3. The highest BCUT2D eigenvalue weighted by Gasteiger charge is 2.07. The minimum Gasteiger partial charge on any atom is -0.493 e. The average Bonchev–Trinajstić information content (AvgIpc) is 2.94. The number of aromatic hydroxyl groups is 1. The lowest BCUT2D eigenvalue weighted by Crippen LogP contribution is -2.06. The number of aromatic amines is 1. The van der Waals surface area contributed by atoms with Crippen molar-refractivity contribution in [2.75, 3.05) is 0 Å². The highest BCUT2D eigenvalue weighted by atomic mass is 32.2. The second kappa shape index (κ2) is 6.33. The smallest absolute Gasteiger partial charge is 0.255 e. The molecule has 0 amide bonds. The average molecular weight is 331 g/mol. The van der Waals surface area contributed by atoms with Gasteiger partial charge in [-0.25, -0.2) is 4.98 Å². The fraction of sp³-hybridized carbons (Fsp3) is 0.133. The summed E-state index contributed by atoms with van der Waals surface area (Å²) >= 11 is 2.91. The lowest BCUT2D eigenvalue weighted by molar-refractivity contribution is 0.444. The van der Waals surface area contributed by atoms with Gasteiger partial charge in [0.25, 0.3) is 5.56 Å². The standard InChI is InChI=1S/C15H13N3O2S2/c1-9-2-4-10(5-3-9)14-16-11(7-21-14)8-22-15-17-12(19)6-13(20)18-15/h2-7H,8H2,1H3,(H2,17,18,19,20). The van der Waals surface area contributed by atoms with Gasteiger partial charge in [-0.15, -0.1) is 11.3 Å². The van der Waals surface area contributed by atoms with Crippen molar-refractivity contribution in [3.63, 3.8) is 0 Å². The second-order valence-corrected chi connectivity index (χ2v) is 6.53. The molecule has 0 atom stereocenters. The molecule has 0 unspecified atom stereocenters. The van der Waals surface area contributed by atoms with Crippen molar-refractivity contribution in [2.45, 2.75) is 17.8 Å². The predicted octanol–water partition coefficient (Wildman–Crippen LogP) is 3.20. The van der Waals surface area contributed by atoms with Crippen LogP contribution in [0.4, 0.5) is 0 Å². The molecule has 2 N–H and O–H groups in total. The molecule has 3 rings (SSSR count). The van der Waals surface area contributed by atoms with Crippen molar-refractivity contribution < 1.29 is 5.11 Å². The molecule has 0 bridgehead atoms. The fourth-order valence-electron chi connectivity index (χ4n) is 1.84. The van der Waals surface area contributed by atoms with Crippen LogP contribution in [-0.2, 0) is 5.75 Å². The SMILES string of the molecule is Cc1ccc(-c2nc(CSc3nc(O)cc(=O)[nH]3)cs2)cc1. The lowest BCUT2D eigenvalue weighted by atomic mass is 10.2. The van der Waals surface area contributed by atoms with Gasteiger partial charge in [0.2, 0.25) is 5.88 Å². The van der Waals surface area contributed by atoms with Crippen molar-refractivity contribution in [2.24, 2.45) is 0 Å². The van der Waals surface area contributed by atoms with Crippen LogP contribution in [0.25, 0.3) is 10.6 Å². The first-order chi connectivity index (χ1) is 10.6. The number of aromatic nitrogens is 3. The number of hydrogen-bond acceptors (Lipinski definition) is 6. The van der Waals surface area contributed by atoms with Crippen LogP contribution >= 0.6 is 23.1 Å². The topological polar surface area (TPSA) is 78.9 Å². The first kappa shape index (κ1) is 14.8. The zero-order valence-corrected chi connectivity index (χ0v) is 13.4. The van der Waals surface area contributed by atoms with Crippen LogP contribution in [0, 0.1) is 6.92 Å². The minimum absolute atomic E-state index is 0.273. The summed E-state index contributed by atoms with van der Waals surface area (Å²) in [4.78, 5) is 22.3. The quantitative estimate of drug-likeness (QED) is 0.567. The molecular formula is C15H13N3O2S2. The summed E-state index contributed by atoms with van der Waals surface area (Å²) in [6.45, 7) is 2.05. The number of nitrogens with one attached hydrogen (secondary N) is 1. The van der Waals surface area contributed by atoms with Gasteiger partial charge < -0.3 is 10.1 Å². The van der Waals surface area contributed by atoms with Gasteiger partial charge >= 0.3 is 0 Å². The van der Waals surface area contributed by atoms with Crippen molar-refractivity contribution in [1.82, 2.24) is 15.0 Å². The molecule has 3 aromatic rings. The van der Waals surface area contributed by atoms with E-state index in [0.29, 0.717) is 10.9 Å². The molecule has 2 aromatic heterocycles. The van der Waals surface area contributed by atoms with Gasteiger partial charge in [0.15, 0.2) is 5.16 Å². The fourth-order valence-corrected chi connectivity index (χ4v) is 3.53. The molecule has 0 saturated carbocycles. The Hall–Kier alpha value is -2.12. The Bertz CT molecular complexity index is 840. The first-order valence-corrected chi connectivity index (χ1v) is 8.41. The van der Waals surface area contributed by atoms with E-state index in [-0.39, 0.29) is 11.4 Å². The predicted molar refractivity (Wildman–Crippen MR) is 88.4 cm³/mol. The number of benzene rings is 1. The van der Waals surface area contributed by atoms with Crippen LogP contribution in [0.15, 0.2) is 45.7 Å². The number of thioether (sulfide) groups is 1. The Kier molecular flexibility index (Phi) is 4.26. The Morgan fingerprint density at radius 3 is 2.77 bits per heavy atom. The summed E-state index contributed by atoms with van der Waals surface area (Å²) < 4.78 is 0. The van der Waals surface area contributed by atoms with Gasteiger partial charge in [-0.05, 0) is 6.92 Å². The highest BCUT2D eigenvalue weighted by Crippen LogP contribution is 2.27. The zero-order chi connectivity index (χ0) is 15.5. The lowest BCUT2D eigenvalue weighted by Gasteiger charge is -1.99. The number of aryl methyl sites for hydroxylation is 1. The monoisotopic (exact) mass is 331 g/mol. The molecule has 0 fully saturated rings. The Morgan fingerprint density at radius 2 is 2.05 bits per heavy atom. The van der Waals surface area contributed by atoms with Crippen molar-refractivity contribution >= 4 is 23.1 Å². The molecule has 22 heavy (non-hydrogen) atoms. The molecule has 0 saturated heterocycles. The summed E-state index contributed by atoms with van der Waals surface area (Å²) in [5.41, 5.74) is 2.86. The van der Waals surface area contributed by atoms with Gasteiger partial charge in [-0.2, -0.15) is 4.98 Å². The molecule has 0 spiro atoms. The van der Waals surface area contributed by atoms with Crippen LogP contribution in [-0.4, -0.2) is 20.1 Å². The van der Waals surface area contributed by atoms with E-state index in [0.717, 1.165) is 22.3 Å². The summed E-state index contributed by atoms with van der Waals surface area (Å²) in [6.07, 6.45) is 0. The number of nitrogens with zero attached hydrogens (tertiary/aromatic N) is 2. The van der Waals surface area contributed by atoms with Crippen LogP contribution in [0.1, 0.15) is 11.3 Å². The maximum Gasteiger partial charge on any atom is 0.255 e. The zero-order valence-electron chi connectivity index (χ0n) is 11.7. The number of H-pyrrole nitrogens is 1. The summed E-state index contributed by atoms with van der Waals surface area (Å²) in [5.74, 6) is 0.305. The third-order valence-corrected chi connectivity index (χ3v) is 4.76. The molecule has 7 heteroatoms. The highest BCUT2D eigenvalue weighted by molar-refractivity contribution is 7.98. The molecule has 1 aromatic carbocycles. The van der Waals surface area contributed by atoms with E-state index < -0.39 is 0 Å². The van der Waals surface area contributed by atoms with Crippen molar-refractivity contribution in [3.8, 4) is 16.5 Å². The van der Waals surface area contributed by atoms with Gasteiger partial charge in [0.1, 0.15) is 5.01 Å². The largest absolute Gasteiger partial charge is 0.493 e. The third kappa shape index (κ3) is 3.55. The number of rotatable bonds is 4. The maximum atomic E-state index is 11.3. The van der Waals surface area contributed by atoms with Crippen molar-refractivity contribution in [1.29, 1.82) is 0 Å². The van der Waals surface area contributed by atoms with Crippen LogP contribution in [0.3, 0.4) is 0 Å². The Balaban J connectivity index is 1.71. The van der Waals surface area contributed by atoms with E-state index in [1.165, 1.54) is 17.3 Å². The summed E-state index contributed by atoms with van der Waals surface area (Å²) in [7, 11) is 0. The Labute approximate surface area is 135 Å². The van der Waals surface area contributed by atoms with E-state index in [1.807, 2.05) is 5.38 Å². The van der Waals surface area contributed by atoms with Gasteiger partial charge in [-0.1, -0.05) is 41.6 Å². The third-order valence-electron chi connectivity index (χ3n) is 2.91. The summed E-state index contributed by atoms with van der Waals surface area (Å²) in [5, 5.41) is 12.6. The number of hydrogen-bond donors (Lipinski definition) is 2. The normalized spacial score (nSPS) is 10.8. The van der Waals surface area contributed by atoms with E-state index in [9.17, 15) is 9.90 Å². The minimum atomic E-state index is -0.367. The Morgan fingerprint density at radius 1 is 1.27 bits per heavy atom. The van der Waals surface area contributed by atoms with Crippen LogP contribution in [0.5, 0.6) is 5.88 Å². The van der Waals surface area contributed by atoms with E-state index in [4.69, 9.17) is 0 Å². The van der Waals surface area contributed by atoms with Gasteiger partial charge in [0.05, 0.1) is 11.8 Å². The molecule has 0 radical (unpaired) electrons. The second-order valence-electron chi connectivity index (χ2n) is 4.71. The summed E-state index contributed by atoms with van der Waals surface area (Å²) in [6, 6.07) is 9.28. The van der Waals surface area contributed by atoms with Gasteiger partial charge in [0, 0.05) is 16.7 Å². The van der Waals surface area contributed by atoms with E-state index >= 15 is 0 Å². The molecule has 112 valence electrons. The van der Waals surface area contributed by atoms with Crippen molar-refractivity contribution in [3.05, 3.63) is 57.3 Å². The number of thiazole rings is 1. The molecule has 0 aliphatic heterocycles. The van der Waals surface area contributed by atoms with Crippen LogP contribution in [0.2, 0.25) is 0 Å². The van der Waals surface area contributed by atoms with Crippen LogP contribution < -0.4 is 5.56 Å². The van der Waals surface area contributed by atoms with Gasteiger partial charge in [-0.3, -0.25) is 4.79 Å². The molecule has 0 aliphatic rings. The first-order valence-electron chi connectivity index (χ1n) is 6.55. The van der Waals surface area contributed by atoms with E-state index in [2.05, 4.69) is 46.1 Å². The molecular weight excluding hydrogens is 318 g/mol. The molecule has 2 heterocycles. The van der Waals surface area contributed by atoms with E-state index in [1.54, 1.807) is 11.3 Å². The molecule has 5 nitrogen and oxygen atoms in total.